The fourth-order valence-electron chi connectivity index (χ4n) is 2.36. The minimum atomic E-state index is 0.0381. The van der Waals surface area contributed by atoms with Crippen molar-refractivity contribution >= 4 is 17.2 Å². The van der Waals surface area contributed by atoms with Gasteiger partial charge in [0.2, 0.25) is 0 Å². The van der Waals surface area contributed by atoms with Crippen molar-refractivity contribution in [1.82, 2.24) is 0 Å². The summed E-state index contributed by atoms with van der Waals surface area (Å²) in [6, 6.07) is 15.8. The lowest BCUT2D eigenvalue weighted by Crippen LogP contribution is -2.18. The normalized spacial score (nSPS) is 10.8. The molecule has 0 amide bonds. The molecular formula is C19H24N2O. The summed E-state index contributed by atoms with van der Waals surface area (Å²) < 4.78 is 0. The van der Waals surface area contributed by atoms with E-state index in [2.05, 4.69) is 38.3 Å². The molecule has 0 saturated heterocycles. The second kappa shape index (κ2) is 7.12. The van der Waals surface area contributed by atoms with E-state index in [4.69, 9.17) is 0 Å². The molecule has 22 heavy (non-hydrogen) atoms. The predicted molar refractivity (Wildman–Crippen MR) is 93.8 cm³/mol. The molecule has 2 rings (SSSR count). The van der Waals surface area contributed by atoms with E-state index in [1.165, 1.54) is 0 Å². The number of ketones is 1. The molecule has 0 aliphatic rings. The van der Waals surface area contributed by atoms with Gasteiger partial charge < -0.3 is 10.6 Å². The Labute approximate surface area is 132 Å². The van der Waals surface area contributed by atoms with Crippen LogP contribution < -0.4 is 10.6 Å². The highest BCUT2D eigenvalue weighted by Gasteiger charge is 2.17. The summed E-state index contributed by atoms with van der Waals surface area (Å²) in [5.41, 5.74) is 3.24. The molecule has 0 unspecified atom stereocenters. The minimum absolute atomic E-state index is 0.0381. The van der Waals surface area contributed by atoms with Crippen molar-refractivity contribution in [3.63, 3.8) is 0 Å². The van der Waals surface area contributed by atoms with E-state index < -0.39 is 0 Å². The van der Waals surface area contributed by atoms with Crippen LogP contribution in [0.15, 0.2) is 48.5 Å². The number of para-hydroxylation sites is 1. The molecule has 0 heterocycles. The first kappa shape index (κ1) is 16.1. The largest absolute Gasteiger partial charge is 0.381 e. The van der Waals surface area contributed by atoms with Crippen LogP contribution in [0.3, 0.4) is 0 Å². The molecular weight excluding hydrogens is 272 g/mol. The second-order valence-corrected chi connectivity index (χ2v) is 6.02. The van der Waals surface area contributed by atoms with E-state index in [9.17, 15) is 4.79 Å². The number of hydrogen-bond acceptors (Lipinski definition) is 3. The van der Waals surface area contributed by atoms with Gasteiger partial charge in [0.1, 0.15) is 0 Å². The van der Waals surface area contributed by atoms with Crippen LogP contribution in [0, 0.1) is 0 Å². The van der Waals surface area contributed by atoms with Gasteiger partial charge in [-0.25, -0.2) is 0 Å². The Kier molecular flexibility index (Phi) is 5.21. The van der Waals surface area contributed by atoms with Crippen molar-refractivity contribution < 1.29 is 4.79 Å². The number of nitrogens with one attached hydrogen (secondary N) is 2. The van der Waals surface area contributed by atoms with Crippen LogP contribution in [0.2, 0.25) is 0 Å². The SMILES string of the molecule is CC(C)Nc1cccc(C(=O)c2ccccc2)c1NC(C)C. The van der Waals surface area contributed by atoms with E-state index in [-0.39, 0.29) is 11.8 Å². The minimum Gasteiger partial charge on any atom is -0.381 e. The summed E-state index contributed by atoms with van der Waals surface area (Å²) in [7, 11) is 0. The van der Waals surface area contributed by atoms with Crippen LogP contribution in [-0.4, -0.2) is 17.9 Å². The Hall–Kier alpha value is -2.29. The van der Waals surface area contributed by atoms with Crippen molar-refractivity contribution in [1.29, 1.82) is 0 Å². The topological polar surface area (TPSA) is 41.1 Å². The molecule has 0 radical (unpaired) electrons. The average molecular weight is 296 g/mol. The zero-order valence-electron chi connectivity index (χ0n) is 13.7. The Bertz CT molecular complexity index is 633. The van der Waals surface area contributed by atoms with Crippen molar-refractivity contribution in [2.45, 2.75) is 39.8 Å². The highest BCUT2D eigenvalue weighted by Crippen LogP contribution is 2.29. The van der Waals surface area contributed by atoms with Gasteiger partial charge in [-0.1, -0.05) is 36.4 Å². The first-order valence-corrected chi connectivity index (χ1v) is 7.75. The number of hydrogen-bond donors (Lipinski definition) is 2. The van der Waals surface area contributed by atoms with Gasteiger partial charge in [0, 0.05) is 23.2 Å². The van der Waals surface area contributed by atoms with E-state index in [1.54, 1.807) is 0 Å². The maximum atomic E-state index is 12.8. The molecule has 3 heteroatoms. The van der Waals surface area contributed by atoms with Crippen molar-refractivity contribution in [3.8, 4) is 0 Å². The third-order valence-corrected chi connectivity index (χ3v) is 3.22. The molecule has 0 aliphatic heterocycles. The first-order valence-electron chi connectivity index (χ1n) is 7.75. The highest BCUT2D eigenvalue weighted by atomic mass is 16.1. The maximum Gasteiger partial charge on any atom is 0.195 e. The average Bonchev–Trinajstić information content (AvgIpc) is 2.48. The third-order valence-electron chi connectivity index (χ3n) is 3.22. The van der Waals surface area contributed by atoms with E-state index in [1.807, 2.05) is 48.5 Å². The van der Waals surface area contributed by atoms with Gasteiger partial charge in [-0.15, -0.1) is 0 Å². The summed E-state index contributed by atoms with van der Waals surface area (Å²) in [4.78, 5) is 12.8. The van der Waals surface area contributed by atoms with E-state index in [0.717, 1.165) is 11.4 Å². The number of carbonyl (C=O) groups is 1. The van der Waals surface area contributed by atoms with Crippen LogP contribution in [0.1, 0.15) is 43.6 Å². The molecule has 116 valence electrons. The molecule has 0 aromatic heterocycles. The van der Waals surface area contributed by atoms with Crippen LogP contribution in [0.25, 0.3) is 0 Å². The summed E-state index contributed by atoms with van der Waals surface area (Å²) in [5.74, 6) is 0.0381. The van der Waals surface area contributed by atoms with Crippen LogP contribution in [0.4, 0.5) is 11.4 Å². The first-order chi connectivity index (χ1) is 10.5. The maximum absolute atomic E-state index is 12.8. The zero-order chi connectivity index (χ0) is 16.1. The number of carbonyl (C=O) groups excluding carboxylic acids is 1. The molecule has 0 saturated carbocycles. The van der Waals surface area contributed by atoms with E-state index >= 15 is 0 Å². The molecule has 2 aromatic carbocycles. The molecule has 3 nitrogen and oxygen atoms in total. The van der Waals surface area contributed by atoms with Gasteiger partial charge in [0.05, 0.1) is 11.4 Å². The smallest absolute Gasteiger partial charge is 0.195 e. The summed E-state index contributed by atoms with van der Waals surface area (Å²) in [5, 5.41) is 6.83. The third kappa shape index (κ3) is 3.88. The van der Waals surface area contributed by atoms with Gasteiger partial charge >= 0.3 is 0 Å². The standard InChI is InChI=1S/C19H24N2O/c1-13(2)20-17-12-8-11-16(18(17)21-14(3)4)19(22)15-9-6-5-7-10-15/h5-14,20-21H,1-4H3. The second-order valence-electron chi connectivity index (χ2n) is 6.02. The zero-order valence-corrected chi connectivity index (χ0v) is 13.7. The summed E-state index contributed by atoms with van der Waals surface area (Å²) in [6.07, 6.45) is 0. The molecule has 0 spiro atoms. The number of rotatable bonds is 6. The molecule has 0 fully saturated rings. The van der Waals surface area contributed by atoms with Gasteiger partial charge in [-0.2, -0.15) is 0 Å². The molecule has 0 bridgehead atoms. The predicted octanol–water partition coefficient (Wildman–Crippen LogP) is 4.56. The molecule has 2 N–H and O–H groups in total. The molecule has 0 aliphatic carbocycles. The summed E-state index contributed by atoms with van der Waals surface area (Å²) >= 11 is 0. The lowest BCUT2D eigenvalue weighted by molar-refractivity contribution is 0.103. The fraction of sp³-hybridized carbons (Fsp3) is 0.316. The number of benzene rings is 2. The lowest BCUT2D eigenvalue weighted by atomic mass is 10.00. The lowest BCUT2D eigenvalue weighted by Gasteiger charge is -2.21. The molecule has 0 atom stereocenters. The van der Waals surface area contributed by atoms with Crippen molar-refractivity contribution in [2.24, 2.45) is 0 Å². The van der Waals surface area contributed by atoms with Gasteiger partial charge in [0.25, 0.3) is 0 Å². The van der Waals surface area contributed by atoms with Crippen molar-refractivity contribution in [3.05, 3.63) is 59.7 Å². The Morgan fingerprint density at radius 1 is 0.818 bits per heavy atom. The Morgan fingerprint density at radius 3 is 2.05 bits per heavy atom. The van der Waals surface area contributed by atoms with Crippen LogP contribution in [0.5, 0.6) is 0 Å². The Morgan fingerprint density at radius 2 is 1.45 bits per heavy atom. The van der Waals surface area contributed by atoms with Crippen LogP contribution in [-0.2, 0) is 0 Å². The summed E-state index contributed by atoms with van der Waals surface area (Å²) in [6.45, 7) is 8.32. The fourth-order valence-corrected chi connectivity index (χ4v) is 2.36. The van der Waals surface area contributed by atoms with Gasteiger partial charge in [-0.05, 0) is 39.8 Å². The molecule has 2 aromatic rings. The Balaban J connectivity index is 2.47. The van der Waals surface area contributed by atoms with Gasteiger partial charge in [0.15, 0.2) is 5.78 Å². The van der Waals surface area contributed by atoms with E-state index in [0.29, 0.717) is 17.2 Å². The van der Waals surface area contributed by atoms with Crippen LogP contribution >= 0.6 is 0 Å². The van der Waals surface area contributed by atoms with Crippen molar-refractivity contribution in [2.75, 3.05) is 10.6 Å². The van der Waals surface area contributed by atoms with Gasteiger partial charge in [-0.3, -0.25) is 4.79 Å². The number of anilines is 2. The quantitative estimate of drug-likeness (QED) is 0.768. The monoisotopic (exact) mass is 296 g/mol. The highest BCUT2D eigenvalue weighted by molar-refractivity contribution is 6.13.